The highest BCUT2D eigenvalue weighted by atomic mass is 32.2. The molecular formula is C26H26N4O3S. The summed E-state index contributed by atoms with van der Waals surface area (Å²) in [5.74, 6) is 0.680. The minimum Gasteiger partial charge on any atom is -0.467 e. The zero-order valence-electron chi connectivity index (χ0n) is 19.1. The number of nitrogens with one attached hydrogen (secondary N) is 2. The zero-order chi connectivity index (χ0) is 23.9. The summed E-state index contributed by atoms with van der Waals surface area (Å²) >= 11 is 1.36. The third kappa shape index (κ3) is 5.58. The molecule has 0 aliphatic carbocycles. The van der Waals surface area contributed by atoms with Crippen molar-refractivity contribution in [1.82, 2.24) is 14.9 Å². The number of imidazole rings is 1. The van der Waals surface area contributed by atoms with E-state index in [4.69, 9.17) is 4.42 Å². The molecule has 7 nitrogen and oxygen atoms in total. The van der Waals surface area contributed by atoms with Crippen LogP contribution in [0.25, 0.3) is 5.69 Å². The van der Waals surface area contributed by atoms with Crippen LogP contribution in [-0.4, -0.2) is 27.1 Å². The van der Waals surface area contributed by atoms with Crippen molar-refractivity contribution in [3.63, 3.8) is 0 Å². The molecule has 0 atom stereocenters. The smallest absolute Gasteiger partial charge is 0.251 e. The minimum atomic E-state index is -0.178. The van der Waals surface area contributed by atoms with Crippen molar-refractivity contribution in [1.29, 1.82) is 0 Å². The molecule has 0 aliphatic heterocycles. The monoisotopic (exact) mass is 474 g/mol. The molecule has 0 radical (unpaired) electrons. The molecule has 0 saturated carbocycles. The number of carbonyl (C=O) groups is 2. The largest absolute Gasteiger partial charge is 0.467 e. The van der Waals surface area contributed by atoms with Crippen LogP contribution in [0.4, 0.5) is 5.69 Å². The van der Waals surface area contributed by atoms with E-state index in [-0.39, 0.29) is 17.6 Å². The van der Waals surface area contributed by atoms with E-state index in [1.165, 1.54) is 11.8 Å². The standard InChI is InChI=1S/C26H26N4O3S/c1-3-19-7-4-6-18(2)24(19)29-23(31)17-34-26-27-13-14-30(26)21-11-9-20(10-12-21)25(32)28-16-22-8-5-15-33-22/h4-15H,3,16-17H2,1-2H3,(H,28,32)(H,29,31). The third-order valence-electron chi connectivity index (χ3n) is 5.35. The van der Waals surface area contributed by atoms with E-state index in [1.807, 2.05) is 54.1 Å². The van der Waals surface area contributed by atoms with Gasteiger partial charge in [0.1, 0.15) is 5.76 Å². The van der Waals surface area contributed by atoms with Crippen LogP contribution in [0.3, 0.4) is 0 Å². The highest BCUT2D eigenvalue weighted by Crippen LogP contribution is 2.24. The molecule has 2 amide bonds. The van der Waals surface area contributed by atoms with Crippen LogP contribution in [0.2, 0.25) is 0 Å². The van der Waals surface area contributed by atoms with Crippen molar-refractivity contribution >= 4 is 29.3 Å². The Morgan fingerprint density at radius 3 is 2.65 bits per heavy atom. The summed E-state index contributed by atoms with van der Waals surface area (Å²) in [4.78, 5) is 29.4. The number of nitrogens with zero attached hydrogens (tertiary/aromatic N) is 2. The summed E-state index contributed by atoms with van der Waals surface area (Å²) in [6.45, 7) is 4.40. The highest BCUT2D eigenvalue weighted by Gasteiger charge is 2.13. The Morgan fingerprint density at radius 2 is 1.91 bits per heavy atom. The molecule has 4 rings (SSSR count). The Morgan fingerprint density at radius 1 is 1.09 bits per heavy atom. The molecule has 174 valence electrons. The lowest BCUT2D eigenvalue weighted by atomic mass is 10.1. The van der Waals surface area contributed by atoms with Gasteiger partial charge in [0.05, 0.1) is 18.6 Å². The van der Waals surface area contributed by atoms with Crippen molar-refractivity contribution in [3.8, 4) is 5.69 Å². The number of hydrogen-bond acceptors (Lipinski definition) is 5. The van der Waals surface area contributed by atoms with Crippen molar-refractivity contribution in [2.45, 2.75) is 32.0 Å². The van der Waals surface area contributed by atoms with Crippen molar-refractivity contribution in [2.24, 2.45) is 0 Å². The van der Waals surface area contributed by atoms with Crippen LogP contribution in [0, 0.1) is 6.92 Å². The van der Waals surface area contributed by atoms with Crippen LogP contribution in [0.15, 0.2) is 82.8 Å². The lowest BCUT2D eigenvalue weighted by Crippen LogP contribution is -2.22. The van der Waals surface area contributed by atoms with E-state index in [9.17, 15) is 9.59 Å². The average Bonchev–Trinajstić information content (AvgIpc) is 3.55. The van der Waals surface area contributed by atoms with Gasteiger partial charge in [0.25, 0.3) is 5.91 Å². The van der Waals surface area contributed by atoms with Gasteiger partial charge in [0.15, 0.2) is 5.16 Å². The number of aromatic nitrogens is 2. The van der Waals surface area contributed by atoms with Crippen LogP contribution in [-0.2, 0) is 17.8 Å². The Balaban J connectivity index is 1.37. The first-order valence-corrected chi connectivity index (χ1v) is 12.0. The second kappa shape index (κ2) is 10.9. The van der Waals surface area contributed by atoms with Gasteiger partial charge in [-0.2, -0.15) is 0 Å². The first-order valence-electron chi connectivity index (χ1n) is 11.0. The molecule has 4 aromatic rings. The Kier molecular flexibility index (Phi) is 7.49. The molecule has 2 aromatic heterocycles. The first-order chi connectivity index (χ1) is 16.5. The number of hydrogen-bond donors (Lipinski definition) is 2. The number of rotatable bonds is 9. The zero-order valence-corrected chi connectivity index (χ0v) is 19.9. The second-order valence-corrected chi connectivity index (χ2v) is 8.63. The van der Waals surface area contributed by atoms with Crippen LogP contribution < -0.4 is 10.6 Å². The normalized spacial score (nSPS) is 10.8. The topological polar surface area (TPSA) is 89.2 Å². The van der Waals surface area contributed by atoms with E-state index in [0.29, 0.717) is 23.0 Å². The third-order valence-corrected chi connectivity index (χ3v) is 6.32. The van der Waals surface area contributed by atoms with Crippen molar-refractivity contribution < 1.29 is 14.0 Å². The summed E-state index contributed by atoms with van der Waals surface area (Å²) in [6, 6.07) is 16.9. The van der Waals surface area contributed by atoms with Gasteiger partial charge in [0.2, 0.25) is 5.91 Å². The van der Waals surface area contributed by atoms with E-state index in [0.717, 1.165) is 28.9 Å². The molecule has 8 heteroatoms. The molecule has 0 spiro atoms. The van der Waals surface area contributed by atoms with E-state index < -0.39 is 0 Å². The summed E-state index contributed by atoms with van der Waals surface area (Å²) in [5.41, 5.74) is 4.46. The average molecular weight is 475 g/mol. The van der Waals surface area contributed by atoms with Gasteiger partial charge in [0, 0.05) is 29.3 Å². The molecule has 0 fully saturated rings. The molecular weight excluding hydrogens is 448 g/mol. The number of anilines is 1. The maximum absolute atomic E-state index is 12.6. The highest BCUT2D eigenvalue weighted by molar-refractivity contribution is 7.99. The lowest BCUT2D eigenvalue weighted by Gasteiger charge is -2.13. The maximum Gasteiger partial charge on any atom is 0.251 e. The number of benzene rings is 2. The Hall–Kier alpha value is -3.78. The quantitative estimate of drug-likeness (QED) is 0.333. The van der Waals surface area contributed by atoms with Gasteiger partial charge < -0.3 is 15.1 Å². The summed E-state index contributed by atoms with van der Waals surface area (Å²) < 4.78 is 7.13. The molecule has 0 saturated heterocycles. The molecule has 2 heterocycles. The maximum atomic E-state index is 12.6. The lowest BCUT2D eigenvalue weighted by molar-refractivity contribution is -0.113. The molecule has 34 heavy (non-hydrogen) atoms. The number of amides is 2. The molecule has 2 N–H and O–H groups in total. The van der Waals surface area contributed by atoms with Crippen LogP contribution >= 0.6 is 11.8 Å². The molecule has 0 aliphatic rings. The minimum absolute atomic E-state index is 0.0767. The Bertz CT molecular complexity index is 1260. The molecule has 2 aromatic carbocycles. The van der Waals surface area contributed by atoms with Gasteiger partial charge in [-0.25, -0.2) is 4.98 Å². The van der Waals surface area contributed by atoms with Crippen LogP contribution in [0.5, 0.6) is 0 Å². The fourth-order valence-electron chi connectivity index (χ4n) is 3.56. The van der Waals surface area contributed by atoms with Gasteiger partial charge in [-0.3, -0.25) is 14.2 Å². The molecule has 0 unspecified atom stereocenters. The number of para-hydroxylation sites is 1. The van der Waals surface area contributed by atoms with E-state index >= 15 is 0 Å². The van der Waals surface area contributed by atoms with Gasteiger partial charge in [-0.1, -0.05) is 36.9 Å². The summed E-state index contributed by atoms with van der Waals surface area (Å²) in [5, 5.41) is 6.58. The number of furan rings is 1. The predicted octanol–water partition coefficient (Wildman–Crippen LogP) is 5.00. The van der Waals surface area contributed by atoms with Gasteiger partial charge >= 0.3 is 0 Å². The van der Waals surface area contributed by atoms with Crippen molar-refractivity contribution in [2.75, 3.05) is 11.1 Å². The predicted molar refractivity (Wildman–Crippen MR) is 133 cm³/mol. The number of carbonyl (C=O) groups excluding carboxylic acids is 2. The van der Waals surface area contributed by atoms with Crippen molar-refractivity contribution in [3.05, 3.63) is 95.7 Å². The van der Waals surface area contributed by atoms with E-state index in [1.54, 1.807) is 30.7 Å². The molecule has 0 bridgehead atoms. The number of aryl methyl sites for hydroxylation is 2. The van der Waals surface area contributed by atoms with Crippen LogP contribution in [0.1, 0.15) is 34.2 Å². The van der Waals surface area contributed by atoms with Gasteiger partial charge in [-0.15, -0.1) is 0 Å². The first kappa shape index (κ1) is 23.4. The SMILES string of the molecule is CCc1cccc(C)c1NC(=O)CSc1nccn1-c1ccc(C(=O)NCc2ccco2)cc1. The Labute approximate surface area is 202 Å². The van der Waals surface area contributed by atoms with Gasteiger partial charge in [-0.05, 0) is 60.9 Å². The number of thioether (sulfide) groups is 1. The summed E-state index contributed by atoms with van der Waals surface area (Å²) in [7, 11) is 0. The fourth-order valence-corrected chi connectivity index (χ4v) is 4.33. The van der Waals surface area contributed by atoms with E-state index in [2.05, 4.69) is 22.5 Å². The second-order valence-electron chi connectivity index (χ2n) is 7.69. The summed E-state index contributed by atoms with van der Waals surface area (Å²) in [6.07, 6.45) is 5.96. The fraction of sp³-hybridized carbons (Fsp3) is 0.192.